The summed E-state index contributed by atoms with van der Waals surface area (Å²) in [5.74, 6) is 5.95. The maximum atomic E-state index is 13.2. The van der Waals surface area contributed by atoms with Crippen LogP contribution in [0.3, 0.4) is 0 Å². The Morgan fingerprint density at radius 1 is 0.976 bits per heavy atom. The SMILES string of the molecule is Cc1cc(OC/C=C(\c2ccc(C#Cc3ccccn3)cc2)c2ccc(C(F)(F)F)cc2)ccc1OC(C)C(=O)O. The molecule has 0 spiro atoms. The molecule has 0 saturated heterocycles. The molecule has 1 atom stereocenters. The number of benzene rings is 3. The van der Waals surface area contributed by atoms with E-state index in [1.807, 2.05) is 42.5 Å². The van der Waals surface area contributed by atoms with Crippen molar-refractivity contribution in [1.29, 1.82) is 0 Å². The van der Waals surface area contributed by atoms with Crippen LogP contribution >= 0.6 is 0 Å². The number of carboxylic acids is 1. The van der Waals surface area contributed by atoms with Gasteiger partial charge in [0.25, 0.3) is 0 Å². The number of aryl methyl sites for hydroxylation is 1. The molecule has 3 aromatic carbocycles. The van der Waals surface area contributed by atoms with Gasteiger partial charge in [-0.3, -0.25) is 0 Å². The standard InChI is InChI=1S/C33H26F3NO4/c1-22-21-29(16-17-31(22)41-23(2)32(38)39)40-20-18-30(26-11-13-27(14-12-26)33(34,35)36)25-9-6-24(7-10-25)8-15-28-5-3-4-19-37-28/h3-7,9-14,16-19,21,23H,20H2,1-2H3,(H,38,39)/b30-18+. The van der Waals surface area contributed by atoms with E-state index < -0.39 is 23.8 Å². The van der Waals surface area contributed by atoms with E-state index in [4.69, 9.17) is 14.6 Å². The molecule has 0 fully saturated rings. The molecule has 0 aliphatic rings. The number of pyridine rings is 1. The number of nitrogens with zero attached hydrogens (tertiary/aromatic N) is 1. The molecule has 1 N–H and O–H groups in total. The number of carbonyl (C=O) groups is 1. The van der Waals surface area contributed by atoms with Crippen LogP contribution in [0.2, 0.25) is 0 Å². The Labute approximate surface area is 235 Å². The lowest BCUT2D eigenvalue weighted by atomic mass is 9.96. The molecule has 0 amide bonds. The Hall–Kier alpha value is -5.03. The Balaban J connectivity index is 1.57. The van der Waals surface area contributed by atoms with Gasteiger partial charge in [-0.2, -0.15) is 13.2 Å². The molecule has 0 aliphatic heterocycles. The predicted molar refractivity (Wildman–Crippen MR) is 150 cm³/mol. The number of aromatic nitrogens is 1. The fourth-order valence-electron chi connectivity index (χ4n) is 3.85. The molecular weight excluding hydrogens is 531 g/mol. The van der Waals surface area contributed by atoms with Crippen LogP contribution in [0.1, 0.15) is 40.4 Å². The second-order valence-electron chi connectivity index (χ2n) is 9.07. The highest BCUT2D eigenvalue weighted by atomic mass is 19.4. The second-order valence-corrected chi connectivity index (χ2v) is 9.07. The minimum atomic E-state index is -4.44. The third-order valence-electron chi connectivity index (χ3n) is 6.05. The highest BCUT2D eigenvalue weighted by molar-refractivity contribution is 5.80. The largest absolute Gasteiger partial charge is 0.489 e. The zero-order chi connectivity index (χ0) is 29.4. The van der Waals surface area contributed by atoms with Gasteiger partial charge >= 0.3 is 12.1 Å². The monoisotopic (exact) mass is 557 g/mol. The number of ether oxygens (including phenoxy) is 2. The van der Waals surface area contributed by atoms with Crippen LogP contribution in [-0.2, 0) is 11.0 Å². The van der Waals surface area contributed by atoms with Gasteiger partial charge in [0.2, 0.25) is 0 Å². The Kier molecular flexibility index (Phi) is 9.10. The zero-order valence-corrected chi connectivity index (χ0v) is 22.3. The lowest BCUT2D eigenvalue weighted by Crippen LogP contribution is -2.23. The highest BCUT2D eigenvalue weighted by Gasteiger charge is 2.30. The lowest BCUT2D eigenvalue weighted by molar-refractivity contribution is -0.144. The number of halogens is 3. The minimum absolute atomic E-state index is 0.128. The zero-order valence-electron chi connectivity index (χ0n) is 22.3. The van der Waals surface area contributed by atoms with Gasteiger partial charge in [-0.1, -0.05) is 36.3 Å². The molecule has 0 radical (unpaired) electrons. The van der Waals surface area contributed by atoms with Crippen LogP contribution in [0, 0.1) is 18.8 Å². The van der Waals surface area contributed by atoms with Gasteiger partial charge in [0.15, 0.2) is 6.10 Å². The van der Waals surface area contributed by atoms with Crippen molar-refractivity contribution in [1.82, 2.24) is 4.98 Å². The van der Waals surface area contributed by atoms with Crippen molar-refractivity contribution in [2.75, 3.05) is 6.61 Å². The first-order valence-corrected chi connectivity index (χ1v) is 12.6. The van der Waals surface area contributed by atoms with Gasteiger partial charge < -0.3 is 14.6 Å². The van der Waals surface area contributed by atoms with Crippen LogP contribution in [0.4, 0.5) is 13.2 Å². The summed E-state index contributed by atoms with van der Waals surface area (Å²) < 4.78 is 50.8. The average Bonchev–Trinajstić information content (AvgIpc) is 2.96. The number of hydrogen-bond acceptors (Lipinski definition) is 4. The third-order valence-corrected chi connectivity index (χ3v) is 6.05. The summed E-state index contributed by atoms with van der Waals surface area (Å²) >= 11 is 0. The molecule has 41 heavy (non-hydrogen) atoms. The summed E-state index contributed by atoms with van der Waals surface area (Å²) in [5, 5.41) is 9.07. The van der Waals surface area contributed by atoms with E-state index in [0.717, 1.165) is 23.3 Å². The van der Waals surface area contributed by atoms with E-state index in [2.05, 4.69) is 16.8 Å². The first kappa shape index (κ1) is 29.0. The average molecular weight is 558 g/mol. The predicted octanol–water partition coefficient (Wildman–Crippen LogP) is 7.17. The van der Waals surface area contributed by atoms with E-state index in [1.54, 1.807) is 37.4 Å². The first-order valence-electron chi connectivity index (χ1n) is 12.6. The molecule has 1 heterocycles. The summed E-state index contributed by atoms with van der Waals surface area (Å²) in [6.45, 7) is 3.35. The van der Waals surface area contributed by atoms with Crippen molar-refractivity contribution in [3.8, 4) is 23.3 Å². The fraction of sp³-hybridized carbons (Fsp3) is 0.152. The maximum absolute atomic E-state index is 13.2. The van der Waals surface area contributed by atoms with Gasteiger partial charge in [-0.05, 0) is 103 Å². The van der Waals surface area contributed by atoms with Crippen molar-refractivity contribution >= 4 is 11.5 Å². The maximum Gasteiger partial charge on any atom is 0.416 e. The Bertz CT molecular complexity index is 1580. The van der Waals surface area contributed by atoms with Crippen molar-refractivity contribution in [3.63, 3.8) is 0 Å². The number of hydrogen-bond donors (Lipinski definition) is 1. The van der Waals surface area contributed by atoms with Crippen LogP contribution in [0.5, 0.6) is 11.5 Å². The van der Waals surface area contributed by atoms with Gasteiger partial charge in [-0.25, -0.2) is 9.78 Å². The number of carboxylic acid groups (broad SMARTS) is 1. The molecule has 0 saturated carbocycles. The normalized spacial score (nSPS) is 12.2. The topological polar surface area (TPSA) is 68.7 Å². The van der Waals surface area contributed by atoms with Crippen molar-refractivity contribution in [2.45, 2.75) is 26.1 Å². The van der Waals surface area contributed by atoms with Crippen LogP contribution in [-0.4, -0.2) is 28.8 Å². The van der Waals surface area contributed by atoms with E-state index in [-0.39, 0.29) is 6.61 Å². The third kappa shape index (κ3) is 7.99. The molecule has 1 aromatic heterocycles. The van der Waals surface area contributed by atoms with Crippen LogP contribution in [0.15, 0.2) is 97.2 Å². The molecular formula is C33H26F3NO4. The molecule has 0 aliphatic carbocycles. The van der Waals surface area contributed by atoms with Crippen LogP contribution < -0.4 is 9.47 Å². The van der Waals surface area contributed by atoms with Crippen molar-refractivity contribution in [2.24, 2.45) is 0 Å². The quantitative estimate of drug-likeness (QED) is 0.233. The summed E-state index contributed by atoms with van der Waals surface area (Å²) in [6, 6.07) is 22.9. The Morgan fingerprint density at radius 2 is 1.66 bits per heavy atom. The fourth-order valence-corrected chi connectivity index (χ4v) is 3.85. The molecule has 4 rings (SSSR count). The molecule has 208 valence electrons. The smallest absolute Gasteiger partial charge is 0.416 e. The second kappa shape index (κ2) is 12.9. The molecule has 8 heteroatoms. The lowest BCUT2D eigenvalue weighted by Gasteiger charge is -2.14. The van der Waals surface area contributed by atoms with E-state index in [9.17, 15) is 18.0 Å². The summed E-state index contributed by atoms with van der Waals surface area (Å²) in [4.78, 5) is 15.3. The van der Waals surface area contributed by atoms with Crippen LogP contribution in [0.25, 0.3) is 5.57 Å². The van der Waals surface area contributed by atoms with E-state index in [1.165, 1.54) is 19.1 Å². The number of alkyl halides is 3. The summed E-state index contributed by atoms with van der Waals surface area (Å²) in [7, 11) is 0. The number of rotatable bonds is 8. The first-order chi connectivity index (χ1) is 19.6. The summed E-state index contributed by atoms with van der Waals surface area (Å²) in [5.41, 5.74) is 3.44. The molecule has 0 bridgehead atoms. The molecule has 5 nitrogen and oxygen atoms in total. The van der Waals surface area contributed by atoms with Gasteiger partial charge in [0.05, 0.1) is 5.56 Å². The highest BCUT2D eigenvalue weighted by Crippen LogP contribution is 2.32. The molecule has 4 aromatic rings. The van der Waals surface area contributed by atoms with E-state index in [0.29, 0.717) is 33.9 Å². The van der Waals surface area contributed by atoms with Gasteiger partial charge in [0.1, 0.15) is 23.8 Å². The summed E-state index contributed by atoms with van der Waals surface area (Å²) in [6.07, 6.45) is -1.97. The molecule has 1 unspecified atom stereocenters. The number of aliphatic carboxylic acids is 1. The minimum Gasteiger partial charge on any atom is -0.489 e. The van der Waals surface area contributed by atoms with Crippen molar-refractivity contribution < 1.29 is 32.5 Å². The Morgan fingerprint density at radius 3 is 2.24 bits per heavy atom. The van der Waals surface area contributed by atoms with Gasteiger partial charge in [0, 0.05) is 11.8 Å². The van der Waals surface area contributed by atoms with Crippen molar-refractivity contribution in [3.05, 3.63) is 131 Å². The van der Waals surface area contributed by atoms with Gasteiger partial charge in [-0.15, -0.1) is 0 Å². The van der Waals surface area contributed by atoms with E-state index >= 15 is 0 Å².